The van der Waals surface area contributed by atoms with Crippen LogP contribution in [0.25, 0.3) is 0 Å². The average Bonchev–Trinajstić information content (AvgIpc) is 3.66. The summed E-state index contributed by atoms with van der Waals surface area (Å²) in [5.41, 5.74) is 1.05. The SMILES string of the molecule is COC(=O)C(c1ccccc1)N1CCC(C2CCN(CC3CC3)CC2)CC1.O=CO.O=CO. The van der Waals surface area contributed by atoms with Gasteiger partial charge in [-0.15, -0.1) is 0 Å². The first-order valence-corrected chi connectivity index (χ1v) is 11.8. The third-order valence-electron chi connectivity index (χ3n) is 6.99. The first kappa shape index (κ1) is 26.8. The number of hydrogen-bond acceptors (Lipinski definition) is 6. The Morgan fingerprint density at radius 3 is 1.88 bits per heavy atom. The molecule has 1 saturated carbocycles. The Balaban J connectivity index is 0.000000582. The molecule has 0 aromatic heterocycles. The highest BCUT2D eigenvalue weighted by atomic mass is 16.5. The summed E-state index contributed by atoms with van der Waals surface area (Å²) < 4.78 is 5.13. The van der Waals surface area contributed by atoms with Crippen LogP contribution < -0.4 is 0 Å². The van der Waals surface area contributed by atoms with E-state index in [1.165, 1.54) is 65.3 Å². The molecule has 3 fully saturated rings. The summed E-state index contributed by atoms with van der Waals surface area (Å²) in [7, 11) is 1.50. The van der Waals surface area contributed by atoms with Crippen LogP contribution in [0.2, 0.25) is 0 Å². The second-order valence-electron chi connectivity index (χ2n) is 9.00. The zero-order chi connectivity index (χ0) is 24.1. The average molecular weight is 463 g/mol. The van der Waals surface area contributed by atoms with E-state index in [-0.39, 0.29) is 25.0 Å². The summed E-state index contributed by atoms with van der Waals surface area (Å²) >= 11 is 0. The third-order valence-corrected chi connectivity index (χ3v) is 6.99. The van der Waals surface area contributed by atoms with E-state index in [2.05, 4.69) is 9.80 Å². The van der Waals surface area contributed by atoms with E-state index in [0.717, 1.165) is 36.4 Å². The number of rotatable bonds is 6. The van der Waals surface area contributed by atoms with E-state index < -0.39 is 0 Å². The van der Waals surface area contributed by atoms with E-state index in [9.17, 15) is 4.79 Å². The quantitative estimate of drug-likeness (QED) is 0.490. The van der Waals surface area contributed by atoms with Crippen LogP contribution in [0.4, 0.5) is 0 Å². The van der Waals surface area contributed by atoms with Crippen LogP contribution in [0.15, 0.2) is 30.3 Å². The summed E-state index contributed by atoms with van der Waals surface area (Å²) in [6, 6.07) is 9.85. The molecule has 1 aromatic carbocycles. The van der Waals surface area contributed by atoms with E-state index in [1.54, 1.807) is 0 Å². The lowest BCUT2D eigenvalue weighted by atomic mass is 9.78. The van der Waals surface area contributed by atoms with Gasteiger partial charge in [-0.2, -0.15) is 0 Å². The number of ether oxygens (including phenoxy) is 1. The number of carbonyl (C=O) groups is 3. The summed E-state index contributed by atoms with van der Waals surface area (Å²) in [5, 5.41) is 13.8. The standard InChI is InChI=1S/C23H34N2O2.2CH2O2/c1-27-23(26)22(21-5-3-2-4-6-21)25-15-11-20(12-16-25)19-9-13-24(14-10-19)17-18-7-8-18;2*2-1-3/h2-6,18-20,22H,7-17H2,1H3;2*1H,(H,2,3). The fraction of sp³-hybridized carbons (Fsp3) is 0.640. The smallest absolute Gasteiger partial charge is 0.327 e. The first-order valence-electron chi connectivity index (χ1n) is 11.8. The van der Waals surface area contributed by atoms with Gasteiger partial charge in [0.1, 0.15) is 6.04 Å². The number of benzene rings is 1. The summed E-state index contributed by atoms with van der Waals surface area (Å²) in [4.78, 5) is 34.2. The Kier molecular flexibility index (Phi) is 11.9. The van der Waals surface area contributed by atoms with Crippen molar-refractivity contribution in [3.8, 4) is 0 Å². The molecule has 4 rings (SSSR count). The highest BCUT2D eigenvalue weighted by Gasteiger charge is 2.35. The maximum absolute atomic E-state index is 12.5. The molecule has 8 heteroatoms. The molecule has 184 valence electrons. The maximum atomic E-state index is 12.5. The molecule has 1 unspecified atom stereocenters. The maximum Gasteiger partial charge on any atom is 0.327 e. The Hall–Kier alpha value is -2.45. The number of hydrogen-bond donors (Lipinski definition) is 2. The van der Waals surface area contributed by atoms with Crippen molar-refractivity contribution < 1.29 is 29.3 Å². The molecule has 0 bridgehead atoms. The molecule has 2 aliphatic heterocycles. The number of esters is 1. The van der Waals surface area contributed by atoms with Crippen molar-refractivity contribution in [2.45, 2.75) is 44.6 Å². The van der Waals surface area contributed by atoms with Crippen molar-refractivity contribution in [2.75, 3.05) is 39.8 Å². The van der Waals surface area contributed by atoms with Gasteiger partial charge >= 0.3 is 5.97 Å². The van der Waals surface area contributed by atoms with Crippen molar-refractivity contribution in [3.05, 3.63) is 35.9 Å². The van der Waals surface area contributed by atoms with E-state index >= 15 is 0 Å². The Morgan fingerprint density at radius 1 is 0.939 bits per heavy atom. The van der Waals surface area contributed by atoms with E-state index in [0.29, 0.717) is 0 Å². The van der Waals surface area contributed by atoms with Crippen LogP contribution in [0, 0.1) is 17.8 Å². The molecule has 1 atom stereocenters. The number of nitrogens with zero attached hydrogens (tertiary/aromatic N) is 2. The molecular weight excluding hydrogens is 424 g/mol. The van der Waals surface area contributed by atoms with Crippen molar-refractivity contribution >= 4 is 18.9 Å². The predicted molar refractivity (Wildman–Crippen MR) is 125 cm³/mol. The zero-order valence-corrected chi connectivity index (χ0v) is 19.6. The highest BCUT2D eigenvalue weighted by Crippen LogP contribution is 2.37. The van der Waals surface area contributed by atoms with Gasteiger partial charge in [0.25, 0.3) is 12.9 Å². The minimum absolute atomic E-state index is 0.131. The second-order valence-corrected chi connectivity index (χ2v) is 9.00. The molecular formula is C25H38N2O6. The van der Waals surface area contributed by atoms with Crippen LogP contribution in [-0.2, 0) is 19.1 Å². The van der Waals surface area contributed by atoms with Crippen LogP contribution in [0.5, 0.6) is 0 Å². The number of likely N-dealkylation sites (tertiary alicyclic amines) is 2. The fourth-order valence-corrected chi connectivity index (χ4v) is 5.16. The van der Waals surface area contributed by atoms with E-state index in [4.69, 9.17) is 24.5 Å². The predicted octanol–water partition coefficient (Wildman–Crippen LogP) is 3.14. The molecule has 8 nitrogen and oxygen atoms in total. The molecule has 1 aromatic rings. The topological polar surface area (TPSA) is 107 Å². The minimum atomic E-state index is -0.252. The minimum Gasteiger partial charge on any atom is -0.483 e. The molecule has 3 aliphatic rings. The van der Waals surface area contributed by atoms with Gasteiger partial charge < -0.3 is 19.8 Å². The van der Waals surface area contributed by atoms with Gasteiger partial charge in [0.2, 0.25) is 0 Å². The molecule has 33 heavy (non-hydrogen) atoms. The van der Waals surface area contributed by atoms with Crippen LogP contribution >= 0.6 is 0 Å². The highest BCUT2D eigenvalue weighted by molar-refractivity contribution is 5.77. The van der Waals surface area contributed by atoms with Crippen molar-refractivity contribution in [2.24, 2.45) is 17.8 Å². The van der Waals surface area contributed by atoms with Crippen molar-refractivity contribution in [1.29, 1.82) is 0 Å². The normalized spacial score (nSPS) is 20.9. The molecule has 1 aliphatic carbocycles. The van der Waals surface area contributed by atoms with Gasteiger partial charge in [0.05, 0.1) is 7.11 Å². The molecule has 0 spiro atoms. The zero-order valence-electron chi connectivity index (χ0n) is 19.6. The molecule has 2 heterocycles. The van der Waals surface area contributed by atoms with Crippen LogP contribution in [0.3, 0.4) is 0 Å². The van der Waals surface area contributed by atoms with Gasteiger partial charge in [-0.1, -0.05) is 30.3 Å². The molecule has 2 N–H and O–H groups in total. The number of carbonyl (C=O) groups excluding carboxylic acids is 1. The third kappa shape index (κ3) is 8.78. The van der Waals surface area contributed by atoms with Crippen LogP contribution in [-0.4, -0.2) is 78.8 Å². The van der Waals surface area contributed by atoms with Gasteiger partial charge in [0.15, 0.2) is 0 Å². The largest absolute Gasteiger partial charge is 0.483 e. The number of carboxylic acid groups (broad SMARTS) is 2. The van der Waals surface area contributed by atoms with Crippen molar-refractivity contribution in [1.82, 2.24) is 9.80 Å². The van der Waals surface area contributed by atoms with Gasteiger partial charge in [-0.05, 0) is 88.0 Å². The Labute approximate surface area is 196 Å². The second kappa shape index (κ2) is 14.6. The molecule has 2 saturated heterocycles. The lowest BCUT2D eigenvalue weighted by molar-refractivity contribution is -0.148. The lowest BCUT2D eigenvalue weighted by Gasteiger charge is -2.41. The van der Waals surface area contributed by atoms with Gasteiger partial charge in [-0.3, -0.25) is 14.5 Å². The molecule has 0 amide bonds. The van der Waals surface area contributed by atoms with Gasteiger partial charge in [-0.25, -0.2) is 4.79 Å². The fourth-order valence-electron chi connectivity index (χ4n) is 5.16. The van der Waals surface area contributed by atoms with Crippen molar-refractivity contribution in [3.63, 3.8) is 0 Å². The monoisotopic (exact) mass is 462 g/mol. The molecule has 0 radical (unpaired) electrons. The van der Waals surface area contributed by atoms with E-state index in [1.807, 2.05) is 30.3 Å². The first-order chi connectivity index (χ1) is 16.1. The summed E-state index contributed by atoms with van der Waals surface area (Å²) in [6.07, 6.45) is 8.09. The Morgan fingerprint density at radius 2 is 1.42 bits per heavy atom. The summed E-state index contributed by atoms with van der Waals surface area (Å²) in [5.74, 6) is 2.60. The lowest BCUT2D eigenvalue weighted by Crippen LogP contribution is -2.44. The Bertz CT molecular complexity index is 690. The number of methoxy groups -OCH3 is 1. The van der Waals surface area contributed by atoms with Crippen LogP contribution in [0.1, 0.15) is 50.1 Å². The number of piperidine rings is 2. The van der Waals surface area contributed by atoms with Gasteiger partial charge in [0, 0.05) is 6.54 Å². The summed E-state index contributed by atoms with van der Waals surface area (Å²) in [6.45, 7) is 5.46.